The van der Waals surface area contributed by atoms with Gasteiger partial charge in [0, 0.05) is 0 Å². The molecule has 0 aliphatic rings. The fraction of sp³-hybridized carbons (Fsp3) is 0.263. The second kappa shape index (κ2) is 8.13. The standard InChI is InChI=1S/C19H22N2O2/c1-4-16-6-8-17(9-7-16)12-20-21-19(22)13-23-18-10-5-14(2)15(3)11-18/h5-12H,4,13H2,1-3H3,(H,21,22)/b20-12-. The molecule has 0 saturated heterocycles. The third kappa shape index (κ3) is 5.25. The Labute approximate surface area is 137 Å². The number of nitrogens with zero attached hydrogens (tertiary/aromatic N) is 1. The van der Waals surface area contributed by atoms with Gasteiger partial charge in [-0.1, -0.05) is 37.3 Å². The van der Waals surface area contributed by atoms with Crippen molar-refractivity contribution in [3.8, 4) is 5.75 Å². The Morgan fingerprint density at radius 2 is 1.87 bits per heavy atom. The number of benzene rings is 2. The Bertz CT molecular complexity index is 691. The fourth-order valence-electron chi connectivity index (χ4n) is 2.00. The minimum atomic E-state index is -0.287. The minimum absolute atomic E-state index is 0.0609. The van der Waals surface area contributed by atoms with Crippen molar-refractivity contribution in [2.75, 3.05) is 6.61 Å². The molecule has 2 aromatic rings. The van der Waals surface area contributed by atoms with Gasteiger partial charge in [0.2, 0.25) is 0 Å². The number of ether oxygens (including phenoxy) is 1. The first-order valence-corrected chi connectivity index (χ1v) is 7.69. The van der Waals surface area contributed by atoms with Crippen molar-refractivity contribution in [3.63, 3.8) is 0 Å². The number of carbonyl (C=O) groups excluding carboxylic acids is 1. The third-order valence-electron chi connectivity index (χ3n) is 3.64. The van der Waals surface area contributed by atoms with Crippen LogP contribution in [0.5, 0.6) is 5.75 Å². The largest absolute Gasteiger partial charge is 0.484 e. The normalized spacial score (nSPS) is 10.7. The molecule has 120 valence electrons. The lowest BCUT2D eigenvalue weighted by Gasteiger charge is -2.07. The molecule has 0 unspecified atom stereocenters. The molecular weight excluding hydrogens is 288 g/mol. The third-order valence-corrected chi connectivity index (χ3v) is 3.64. The summed E-state index contributed by atoms with van der Waals surface area (Å²) in [6.45, 7) is 6.09. The van der Waals surface area contributed by atoms with Gasteiger partial charge in [0.05, 0.1) is 6.21 Å². The number of aryl methyl sites for hydroxylation is 3. The van der Waals surface area contributed by atoms with Gasteiger partial charge in [-0.15, -0.1) is 0 Å². The summed E-state index contributed by atoms with van der Waals surface area (Å²) in [7, 11) is 0. The summed E-state index contributed by atoms with van der Waals surface area (Å²) in [5, 5.41) is 3.94. The van der Waals surface area contributed by atoms with E-state index in [2.05, 4.69) is 17.5 Å². The molecule has 1 N–H and O–H groups in total. The summed E-state index contributed by atoms with van der Waals surface area (Å²) in [5.74, 6) is 0.395. The molecule has 0 aliphatic carbocycles. The SMILES string of the molecule is CCc1ccc(/C=N\NC(=O)COc2ccc(C)c(C)c2)cc1. The molecule has 0 fully saturated rings. The Morgan fingerprint density at radius 3 is 2.52 bits per heavy atom. The van der Waals surface area contributed by atoms with Crippen molar-refractivity contribution < 1.29 is 9.53 Å². The monoisotopic (exact) mass is 310 g/mol. The summed E-state index contributed by atoms with van der Waals surface area (Å²) < 4.78 is 5.45. The molecule has 0 spiro atoms. The van der Waals surface area contributed by atoms with E-state index in [1.54, 1.807) is 6.21 Å². The van der Waals surface area contributed by atoms with E-state index in [1.807, 2.05) is 56.3 Å². The maximum Gasteiger partial charge on any atom is 0.277 e. The summed E-state index contributed by atoms with van der Waals surface area (Å²) >= 11 is 0. The zero-order chi connectivity index (χ0) is 16.7. The highest BCUT2D eigenvalue weighted by Gasteiger charge is 2.02. The lowest BCUT2D eigenvalue weighted by Crippen LogP contribution is -2.24. The summed E-state index contributed by atoms with van der Waals surface area (Å²) in [4.78, 5) is 11.7. The number of carbonyl (C=O) groups is 1. The van der Waals surface area contributed by atoms with Crippen LogP contribution >= 0.6 is 0 Å². The highest BCUT2D eigenvalue weighted by Crippen LogP contribution is 2.16. The van der Waals surface area contributed by atoms with Gasteiger partial charge in [-0.2, -0.15) is 5.10 Å². The second-order valence-electron chi connectivity index (χ2n) is 5.42. The number of nitrogens with one attached hydrogen (secondary N) is 1. The molecule has 0 heterocycles. The Hall–Kier alpha value is -2.62. The van der Waals surface area contributed by atoms with E-state index in [1.165, 1.54) is 11.1 Å². The highest BCUT2D eigenvalue weighted by molar-refractivity contribution is 5.82. The van der Waals surface area contributed by atoms with Gasteiger partial charge >= 0.3 is 0 Å². The number of hydrogen-bond acceptors (Lipinski definition) is 3. The van der Waals surface area contributed by atoms with Crippen molar-refractivity contribution in [2.45, 2.75) is 27.2 Å². The van der Waals surface area contributed by atoms with Crippen molar-refractivity contribution in [3.05, 3.63) is 64.7 Å². The van der Waals surface area contributed by atoms with Gasteiger partial charge in [-0.05, 0) is 54.7 Å². The molecule has 23 heavy (non-hydrogen) atoms. The molecule has 4 nitrogen and oxygen atoms in total. The van der Waals surface area contributed by atoms with Crippen LogP contribution in [-0.2, 0) is 11.2 Å². The maximum absolute atomic E-state index is 11.7. The molecule has 0 bridgehead atoms. The molecule has 0 saturated carbocycles. The lowest BCUT2D eigenvalue weighted by atomic mass is 10.1. The molecule has 0 aliphatic heterocycles. The van der Waals surface area contributed by atoms with Crippen molar-refractivity contribution in [1.82, 2.24) is 5.43 Å². The van der Waals surface area contributed by atoms with E-state index >= 15 is 0 Å². The van der Waals surface area contributed by atoms with Crippen LogP contribution in [0.25, 0.3) is 0 Å². The van der Waals surface area contributed by atoms with Crippen LogP contribution in [0.4, 0.5) is 0 Å². The van der Waals surface area contributed by atoms with E-state index in [-0.39, 0.29) is 12.5 Å². The smallest absolute Gasteiger partial charge is 0.277 e. The molecule has 0 radical (unpaired) electrons. The Kier molecular flexibility index (Phi) is 5.92. The first-order chi connectivity index (χ1) is 11.1. The average Bonchev–Trinajstić information content (AvgIpc) is 2.56. The van der Waals surface area contributed by atoms with Crippen LogP contribution in [0.2, 0.25) is 0 Å². The van der Waals surface area contributed by atoms with Crippen LogP contribution in [0.3, 0.4) is 0 Å². The fourth-order valence-corrected chi connectivity index (χ4v) is 2.00. The van der Waals surface area contributed by atoms with E-state index in [9.17, 15) is 4.79 Å². The molecule has 2 aromatic carbocycles. The van der Waals surface area contributed by atoms with Crippen molar-refractivity contribution >= 4 is 12.1 Å². The van der Waals surface area contributed by atoms with Gasteiger partial charge in [0.15, 0.2) is 6.61 Å². The van der Waals surface area contributed by atoms with Gasteiger partial charge in [-0.25, -0.2) is 5.43 Å². The van der Waals surface area contributed by atoms with Crippen molar-refractivity contribution in [2.24, 2.45) is 5.10 Å². The number of hydrazone groups is 1. The van der Waals surface area contributed by atoms with Crippen LogP contribution in [0.15, 0.2) is 47.6 Å². The van der Waals surface area contributed by atoms with E-state index in [0.29, 0.717) is 5.75 Å². The molecule has 1 amide bonds. The van der Waals surface area contributed by atoms with Crippen LogP contribution in [-0.4, -0.2) is 18.7 Å². The lowest BCUT2D eigenvalue weighted by molar-refractivity contribution is -0.123. The van der Waals surface area contributed by atoms with Gasteiger partial charge in [-0.3, -0.25) is 4.79 Å². The predicted molar refractivity (Wildman–Crippen MR) is 93.0 cm³/mol. The molecule has 4 heteroatoms. The Morgan fingerprint density at radius 1 is 1.13 bits per heavy atom. The molecule has 0 atom stereocenters. The van der Waals surface area contributed by atoms with E-state index in [0.717, 1.165) is 17.5 Å². The van der Waals surface area contributed by atoms with Gasteiger partial charge < -0.3 is 4.74 Å². The highest BCUT2D eigenvalue weighted by atomic mass is 16.5. The minimum Gasteiger partial charge on any atom is -0.484 e. The quantitative estimate of drug-likeness (QED) is 0.657. The first kappa shape index (κ1) is 16.7. The zero-order valence-corrected chi connectivity index (χ0v) is 13.8. The Balaban J connectivity index is 1.79. The maximum atomic E-state index is 11.7. The number of amides is 1. The zero-order valence-electron chi connectivity index (χ0n) is 13.8. The van der Waals surface area contributed by atoms with E-state index in [4.69, 9.17) is 4.74 Å². The van der Waals surface area contributed by atoms with Gasteiger partial charge in [0.1, 0.15) is 5.75 Å². The topological polar surface area (TPSA) is 50.7 Å². The van der Waals surface area contributed by atoms with Gasteiger partial charge in [0.25, 0.3) is 5.91 Å². The van der Waals surface area contributed by atoms with E-state index < -0.39 is 0 Å². The molecule has 0 aromatic heterocycles. The summed E-state index contributed by atoms with van der Waals surface area (Å²) in [5.41, 5.74) is 7.01. The predicted octanol–water partition coefficient (Wildman–Crippen LogP) is 3.39. The average molecular weight is 310 g/mol. The molecule has 2 rings (SSSR count). The van der Waals surface area contributed by atoms with Crippen LogP contribution in [0, 0.1) is 13.8 Å². The van der Waals surface area contributed by atoms with Crippen LogP contribution in [0.1, 0.15) is 29.2 Å². The first-order valence-electron chi connectivity index (χ1n) is 7.69. The summed E-state index contributed by atoms with van der Waals surface area (Å²) in [6, 6.07) is 13.8. The van der Waals surface area contributed by atoms with Crippen molar-refractivity contribution in [1.29, 1.82) is 0 Å². The number of hydrogen-bond donors (Lipinski definition) is 1. The number of rotatable bonds is 6. The molecular formula is C19H22N2O2. The summed E-state index contributed by atoms with van der Waals surface area (Å²) in [6.07, 6.45) is 2.62. The van der Waals surface area contributed by atoms with Crippen LogP contribution < -0.4 is 10.2 Å². The second-order valence-corrected chi connectivity index (χ2v) is 5.42.